The van der Waals surface area contributed by atoms with E-state index in [4.69, 9.17) is 4.74 Å². The van der Waals surface area contributed by atoms with Gasteiger partial charge in [0.25, 0.3) is 0 Å². The minimum Gasteiger partial charge on any atom is -0.478 e. The first-order valence-corrected chi connectivity index (χ1v) is 13.9. The van der Waals surface area contributed by atoms with Crippen molar-refractivity contribution in [1.82, 2.24) is 0 Å². The van der Waals surface area contributed by atoms with Gasteiger partial charge in [0.05, 0.1) is 12.2 Å². The van der Waals surface area contributed by atoms with E-state index in [1.807, 2.05) is 19.9 Å². The summed E-state index contributed by atoms with van der Waals surface area (Å²) >= 11 is 0. The average Bonchev–Trinajstić information content (AvgIpc) is 3.04. The maximum atomic E-state index is 12.5. The molecular formula is C30H46O6. The zero-order valence-corrected chi connectivity index (χ0v) is 22.9. The average molecular weight is 503 g/mol. The molecule has 6 heteroatoms. The highest BCUT2D eigenvalue weighted by molar-refractivity contribution is 5.88. The van der Waals surface area contributed by atoms with Crippen LogP contribution in [0, 0.1) is 40.4 Å². The van der Waals surface area contributed by atoms with E-state index in [0.717, 1.165) is 36.8 Å². The molecule has 0 heterocycles. The minimum atomic E-state index is -0.948. The largest absolute Gasteiger partial charge is 0.478 e. The van der Waals surface area contributed by atoms with E-state index < -0.39 is 24.1 Å². The second-order valence-electron chi connectivity index (χ2n) is 13.0. The number of rotatable bonds is 5. The highest BCUT2D eigenvalue weighted by Gasteiger charge is 2.66. The molecule has 202 valence electrons. The van der Waals surface area contributed by atoms with Gasteiger partial charge in [-0.25, -0.2) is 4.79 Å². The third-order valence-corrected chi connectivity index (χ3v) is 10.8. The maximum absolute atomic E-state index is 12.5. The second-order valence-corrected chi connectivity index (χ2v) is 13.0. The van der Waals surface area contributed by atoms with Crippen molar-refractivity contribution in [3.63, 3.8) is 0 Å². The van der Waals surface area contributed by atoms with Crippen molar-refractivity contribution in [2.45, 2.75) is 111 Å². The van der Waals surface area contributed by atoms with Crippen molar-refractivity contribution in [2.75, 3.05) is 0 Å². The summed E-state index contributed by atoms with van der Waals surface area (Å²) < 4.78 is 5.83. The molecule has 0 aromatic heterocycles. The Bertz CT molecular complexity index is 947. The van der Waals surface area contributed by atoms with Gasteiger partial charge in [-0.15, -0.1) is 0 Å². The van der Waals surface area contributed by atoms with Gasteiger partial charge in [-0.2, -0.15) is 0 Å². The van der Waals surface area contributed by atoms with E-state index in [9.17, 15) is 24.9 Å². The van der Waals surface area contributed by atoms with E-state index in [1.54, 1.807) is 0 Å². The van der Waals surface area contributed by atoms with Crippen LogP contribution < -0.4 is 0 Å². The number of allylic oxidation sites excluding steroid dienone is 2. The second kappa shape index (κ2) is 9.90. The van der Waals surface area contributed by atoms with Crippen LogP contribution in [0.4, 0.5) is 0 Å². The highest BCUT2D eigenvalue weighted by Crippen LogP contribution is 2.69. The Morgan fingerprint density at radius 1 is 1.03 bits per heavy atom. The number of hydrogen-bond acceptors (Lipinski definition) is 5. The molecule has 10 atom stereocenters. The van der Waals surface area contributed by atoms with E-state index in [1.165, 1.54) is 6.92 Å². The zero-order chi connectivity index (χ0) is 26.6. The first-order chi connectivity index (χ1) is 16.8. The van der Waals surface area contributed by atoms with Crippen LogP contribution in [-0.2, 0) is 14.3 Å². The Kier molecular flexibility index (Phi) is 7.53. The van der Waals surface area contributed by atoms with Gasteiger partial charge in [0.15, 0.2) is 0 Å². The molecule has 0 aromatic rings. The van der Waals surface area contributed by atoms with Crippen molar-refractivity contribution in [2.24, 2.45) is 40.4 Å². The number of aliphatic carboxylic acids is 1. The van der Waals surface area contributed by atoms with Crippen LogP contribution in [-0.4, -0.2) is 45.6 Å². The number of carbonyl (C=O) groups is 2. The Morgan fingerprint density at radius 2 is 1.69 bits per heavy atom. The molecule has 4 aliphatic rings. The van der Waals surface area contributed by atoms with Gasteiger partial charge in [0.1, 0.15) is 6.10 Å². The smallest absolute Gasteiger partial charge is 0.331 e. The molecule has 6 nitrogen and oxygen atoms in total. The van der Waals surface area contributed by atoms with Gasteiger partial charge in [-0.1, -0.05) is 32.4 Å². The van der Waals surface area contributed by atoms with Crippen LogP contribution in [0.15, 0.2) is 22.8 Å². The lowest BCUT2D eigenvalue weighted by Gasteiger charge is -2.64. The molecule has 4 aliphatic carbocycles. The lowest BCUT2D eigenvalue weighted by atomic mass is 9.42. The summed E-state index contributed by atoms with van der Waals surface area (Å²) in [5, 5.41) is 32.6. The van der Waals surface area contributed by atoms with Gasteiger partial charge in [-0.3, -0.25) is 4.79 Å². The number of aliphatic hydroxyl groups excluding tert-OH is 2. The molecule has 4 saturated carbocycles. The summed E-state index contributed by atoms with van der Waals surface area (Å²) in [5.41, 5.74) is 1.93. The molecule has 3 N–H and O–H groups in total. The van der Waals surface area contributed by atoms with Crippen LogP contribution in [0.25, 0.3) is 0 Å². The van der Waals surface area contributed by atoms with Crippen LogP contribution in [0.5, 0.6) is 0 Å². The topological polar surface area (TPSA) is 104 Å². The Hall–Kier alpha value is -1.66. The molecule has 0 aromatic carbocycles. The number of aliphatic hydroxyl groups is 2. The third-order valence-electron chi connectivity index (χ3n) is 10.8. The van der Waals surface area contributed by atoms with Crippen molar-refractivity contribution < 1.29 is 29.6 Å². The lowest BCUT2D eigenvalue weighted by Crippen LogP contribution is -2.61. The molecule has 0 spiro atoms. The normalized spacial score (nSPS) is 45.1. The van der Waals surface area contributed by atoms with Gasteiger partial charge in [-0.05, 0) is 111 Å². The Balaban J connectivity index is 1.77. The first-order valence-electron chi connectivity index (χ1n) is 13.9. The van der Waals surface area contributed by atoms with E-state index >= 15 is 0 Å². The highest BCUT2D eigenvalue weighted by atomic mass is 16.5. The van der Waals surface area contributed by atoms with Crippen molar-refractivity contribution in [3.8, 4) is 0 Å². The van der Waals surface area contributed by atoms with Crippen molar-refractivity contribution >= 4 is 11.9 Å². The molecular weight excluding hydrogens is 456 g/mol. The number of carboxylic acid groups (broad SMARTS) is 1. The quantitative estimate of drug-likeness (QED) is 0.269. The number of esters is 1. The van der Waals surface area contributed by atoms with E-state index in [2.05, 4.69) is 20.8 Å². The fourth-order valence-electron chi connectivity index (χ4n) is 9.24. The number of carboxylic acids is 1. The Labute approximate surface area is 216 Å². The molecule has 0 aliphatic heterocycles. The molecule has 0 amide bonds. The van der Waals surface area contributed by atoms with Gasteiger partial charge in [0.2, 0.25) is 0 Å². The summed E-state index contributed by atoms with van der Waals surface area (Å²) in [6, 6.07) is 0. The first kappa shape index (κ1) is 27.4. The standard InChI is InChI=1S/C30H46O6/c1-16(2)8-7-9-19(28(34)35)26-22-14-24(33)27-21(30(22,6)15-25(26)36-18(4)31)11-10-20-17(3)23(32)12-13-29(20,27)5/h8,17,20-25,27,32-33H,7,9-15H2,1-6H3,(H,34,35)/b26-19-/t17?,20?,21?,22-,23?,24?,25?,27?,29-,30+/m0/s1. The maximum Gasteiger partial charge on any atom is 0.331 e. The van der Waals surface area contributed by atoms with Crippen LogP contribution in [0.2, 0.25) is 0 Å². The van der Waals surface area contributed by atoms with Crippen LogP contribution in [0.3, 0.4) is 0 Å². The summed E-state index contributed by atoms with van der Waals surface area (Å²) in [5.74, 6) is -0.558. The monoisotopic (exact) mass is 502 g/mol. The number of fused-ring (bicyclic) bond motifs is 5. The number of ether oxygens (including phenoxy) is 1. The van der Waals surface area contributed by atoms with Gasteiger partial charge < -0.3 is 20.1 Å². The van der Waals surface area contributed by atoms with E-state index in [0.29, 0.717) is 37.2 Å². The number of carbonyl (C=O) groups excluding carboxylic acids is 1. The third kappa shape index (κ3) is 4.47. The SMILES string of the molecule is CC(=O)OC1C[C@]2(C)C3CCC4C(C)C(O)CC[C@]4(C)C3C(O)C[C@H]2/C1=C(\CCC=C(C)C)C(=O)O. The fourth-order valence-corrected chi connectivity index (χ4v) is 9.24. The number of hydrogen-bond donors (Lipinski definition) is 3. The Morgan fingerprint density at radius 3 is 2.31 bits per heavy atom. The van der Waals surface area contributed by atoms with Crippen LogP contribution >= 0.6 is 0 Å². The molecule has 36 heavy (non-hydrogen) atoms. The van der Waals surface area contributed by atoms with Crippen LogP contribution in [0.1, 0.15) is 92.9 Å². The van der Waals surface area contributed by atoms with Gasteiger partial charge in [0, 0.05) is 12.5 Å². The summed E-state index contributed by atoms with van der Waals surface area (Å²) in [4.78, 5) is 24.7. The molecule has 0 radical (unpaired) electrons. The minimum absolute atomic E-state index is 0.0581. The fraction of sp³-hybridized carbons (Fsp3) is 0.800. The molecule has 7 unspecified atom stereocenters. The summed E-state index contributed by atoms with van der Waals surface area (Å²) in [6.07, 6.45) is 6.42. The predicted octanol–water partition coefficient (Wildman–Crippen LogP) is 5.28. The van der Waals surface area contributed by atoms with Crippen molar-refractivity contribution in [3.05, 3.63) is 22.8 Å². The predicted molar refractivity (Wildman–Crippen MR) is 138 cm³/mol. The summed E-state index contributed by atoms with van der Waals surface area (Å²) in [7, 11) is 0. The summed E-state index contributed by atoms with van der Waals surface area (Å²) in [6.45, 7) is 12.1. The van der Waals surface area contributed by atoms with E-state index in [-0.39, 0.29) is 40.6 Å². The lowest BCUT2D eigenvalue weighted by molar-refractivity contribution is -0.191. The zero-order valence-electron chi connectivity index (χ0n) is 22.9. The molecule has 4 rings (SSSR count). The molecule has 0 bridgehead atoms. The van der Waals surface area contributed by atoms with Gasteiger partial charge >= 0.3 is 11.9 Å². The van der Waals surface area contributed by atoms with Crippen molar-refractivity contribution in [1.29, 1.82) is 0 Å². The molecule has 4 fully saturated rings. The molecule has 0 saturated heterocycles.